The molecule has 0 radical (unpaired) electrons. The number of nitrogens with zero attached hydrogens (tertiary/aromatic N) is 3. The Labute approximate surface area is 157 Å². The summed E-state index contributed by atoms with van der Waals surface area (Å²) in [7, 11) is 0. The second-order valence-electron chi connectivity index (χ2n) is 5.61. The molecule has 0 aliphatic heterocycles. The zero-order valence-electron chi connectivity index (χ0n) is 14.6. The van der Waals surface area contributed by atoms with Gasteiger partial charge >= 0.3 is 0 Å². The fraction of sp³-hybridized carbons (Fsp3) is 0.750. The number of rotatable bonds is 11. The molecule has 1 rings (SSSR count). The number of aliphatic imine (C=N–C) groups is 1. The average molecular weight is 437 g/mol. The van der Waals surface area contributed by atoms with Gasteiger partial charge in [0.15, 0.2) is 5.96 Å². The maximum absolute atomic E-state index is 5.59. The Kier molecular flexibility index (Phi) is 14.2. The Hall–Kier alpha value is -0.830. The van der Waals surface area contributed by atoms with Crippen LogP contribution in [0.3, 0.4) is 0 Å². The van der Waals surface area contributed by atoms with Crippen LogP contribution in [0.5, 0.6) is 0 Å². The molecule has 1 heterocycles. The Balaban J connectivity index is 0.00000484. The third-order valence-corrected chi connectivity index (χ3v) is 3.10. The first-order valence-corrected chi connectivity index (χ1v) is 8.29. The van der Waals surface area contributed by atoms with Gasteiger partial charge in [0, 0.05) is 45.2 Å². The highest BCUT2D eigenvalue weighted by molar-refractivity contribution is 14.0. The van der Waals surface area contributed by atoms with E-state index in [1.54, 1.807) is 6.20 Å². The molecule has 23 heavy (non-hydrogen) atoms. The summed E-state index contributed by atoms with van der Waals surface area (Å²) in [5.74, 6) is 1.55. The van der Waals surface area contributed by atoms with Crippen LogP contribution in [-0.2, 0) is 11.3 Å². The molecule has 0 saturated carbocycles. The Morgan fingerprint density at radius 3 is 2.78 bits per heavy atom. The molecule has 1 aromatic rings. The van der Waals surface area contributed by atoms with E-state index in [4.69, 9.17) is 4.74 Å². The number of ether oxygens (including phenoxy) is 1. The van der Waals surface area contributed by atoms with Crippen LogP contribution in [0.25, 0.3) is 0 Å². The molecular weight excluding hydrogens is 405 g/mol. The van der Waals surface area contributed by atoms with Crippen LogP contribution in [0.1, 0.15) is 33.6 Å². The summed E-state index contributed by atoms with van der Waals surface area (Å²) in [5, 5.41) is 10.7. The molecule has 0 aliphatic rings. The molecule has 0 fully saturated rings. The van der Waals surface area contributed by atoms with Crippen LogP contribution in [0.15, 0.2) is 23.5 Å². The topological polar surface area (TPSA) is 63.5 Å². The zero-order valence-corrected chi connectivity index (χ0v) is 17.0. The Morgan fingerprint density at radius 1 is 1.30 bits per heavy atom. The highest BCUT2D eigenvalue weighted by Gasteiger charge is 1.98. The summed E-state index contributed by atoms with van der Waals surface area (Å²) in [6.07, 6.45) is 5.86. The zero-order chi connectivity index (χ0) is 16.0. The maximum atomic E-state index is 5.59. The van der Waals surface area contributed by atoms with Gasteiger partial charge in [-0.15, -0.1) is 24.0 Å². The van der Waals surface area contributed by atoms with Crippen LogP contribution < -0.4 is 10.6 Å². The van der Waals surface area contributed by atoms with Crippen molar-refractivity contribution in [3.63, 3.8) is 0 Å². The van der Waals surface area contributed by atoms with E-state index < -0.39 is 0 Å². The number of hydrogen-bond acceptors (Lipinski definition) is 3. The molecule has 0 bridgehead atoms. The normalized spacial score (nSPS) is 11.4. The number of aryl methyl sites for hydroxylation is 1. The van der Waals surface area contributed by atoms with Gasteiger partial charge in [-0.05, 0) is 31.7 Å². The van der Waals surface area contributed by atoms with E-state index in [0.717, 1.165) is 51.6 Å². The standard InChI is InChI=1S/C16H31N5O.HI/c1-4-17-16(19-10-14-22-13-7-15(2)3)18-8-5-11-21-12-6-9-20-21;/h6,9,12,15H,4-5,7-8,10-11,13-14H2,1-3H3,(H2,17,18,19);1H. The molecule has 0 aliphatic carbocycles. The SMILES string of the molecule is CCNC(=NCCCn1cccn1)NCCOCCC(C)C.I. The van der Waals surface area contributed by atoms with E-state index in [1.165, 1.54) is 0 Å². The summed E-state index contributed by atoms with van der Waals surface area (Å²) in [5.41, 5.74) is 0. The highest BCUT2D eigenvalue weighted by Crippen LogP contribution is 1.98. The van der Waals surface area contributed by atoms with Gasteiger partial charge in [-0.25, -0.2) is 0 Å². The molecule has 7 heteroatoms. The minimum atomic E-state index is 0. The van der Waals surface area contributed by atoms with Gasteiger partial charge in [-0.1, -0.05) is 13.8 Å². The van der Waals surface area contributed by atoms with Crippen molar-refractivity contribution in [2.75, 3.05) is 32.8 Å². The van der Waals surface area contributed by atoms with Crippen molar-refractivity contribution >= 4 is 29.9 Å². The van der Waals surface area contributed by atoms with Crippen LogP contribution in [-0.4, -0.2) is 48.6 Å². The van der Waals surface area contributed by atoms with E-state index in [-0.39, 0.29) is 24.0 Å². The van der Waals surface area contributed by atoms with Gasteiger partial charge in [0.05, 0.1) is 6.61 Å². The minimum Gasteiger partial charge on any atom is -0.380 e. The van der Waals surface area contributed by atoms with Gasteiger partial charge in [-0.2, -0.15) is 5.10 Å². The number of nitrogens with one attached hydrogen (secondary N) is 2. The fourth-order valence-corrected chi connectivity index (χ4v) is 1.86. The minimum absolute atomic E-state index is 0. The van der Waals surface area contributed by atoms with Crippen molar-refractivity contribution in [2.24, 2.45) is 10.9 Å². The van der Waals surface area contributed by atoms with Gasteiger partial charge in [0.2, 0.25) is 0 Å². The second-order valence-corrected chi connectivity index (χ2v) is 5.61. The fourth-order valence-electron chi connectivity index (χ4n) is 1.86. The molecule has 0 spiro atoms. The Bertz CT molecular complexity index is 395. The lowest BCUT2D eigenvalue weighted by Crippen LogP contribution is -2.39. The van der Waals surface area contributed by atoms with Gasteiger partial charge in [0.25, 0.3) is 0 Å². The molecule has 6 nitrogen and oxygen atoms in total. The number of hydrogen-bond donors (Lipinski definition) is 2. The predicted molar refractivity (Wildman–Crippen MR) is 107 cm³/mol. The molecular formula is C16H32IN5O. The van der Waals surface area contributed by atoms with E-state index in [0.29, 0.717) is 12.5 Å². The van der Waals surface area contributed by atoms with Gasteiger partial charge in [-0.3, -0.25) is 9.67 Å². The summed E-state index contributed by atoms with van der Waals surface area (Å²) >= 11 is 0. The molecule has 0 atom stereocenters. The highest BCUT2D eigenvalue weighted by atomic mass is 127. The van der Waals surface area contributed by atoms with Gasteiger partial charge < -0.3 is 15.4 Å². The third kappa shape index (κ3) is 12.3. The average Bonchev–Trinajstić information content (AvgIpc) is 3.00. The van der Waals surface area contributed by atoms with Crippen molar-refractivity contribution in [1.29, 1.82) is 0 Å². The smallest absolute Gasteiger partial charge is 0.191 e. The summed E-state index contributed by atoms with van der Waals surface area (Å²) < 4.78 is 7.52. The van der Waals surface area contributed by atoms with Crippen LogP contribution in [0, 0.1) is 5.92 Å². The van der Waals surface area contributed by atoms with Crippen LogP contribution in [0.4, 0.5) is 0 Å². The molecule has 1 aromatic heterocycles. The largest absolute Gasteiger partial charge is 0.380 e. The van der Waals surface area contributed by atoms with Crippen molar-refractivity contribution in [3.05, 3.63) is 18.5 Å². The lowest BCUT2D eigenvalue weighted by atomic mass is 10.1. The van der Waals surface area contributed by atoms with Crippen LogP contribution >= 0.6 is 24.0 Å². The van der Waals surface area contributed by atoms with E-state index >= 15 is 0 Å². The second kappa shape index (κ2) is 14.7. The predicted octanol–water partition coefficient (Wildman–Crippen LogP) is 2.51. The monoisotopic (exact) mass is 437 g/mol. The van der Waals surface area contributed by atoms with Crippen molar-refractivity contribution in [3.8, 4) is 0 Å². The summed E-state index contributed by atoms with van der Waals surface area (Å²) in [6.45, 7) is 11.4. The third-order valence-electron chi connectivity index (χ3n) is 3.10. The van der Waals surface area contributed by atoms with Gasteiger partial charge in [0.1, 0.15) is 0 Å². The van der Waals surface area contributed by atoms with Crippen LogP contribution in [0.2, 0.25) is 0 Å². The maximum Gasteiger partial charge on any atom is 0.191 e. The summed E-state index contributed by atoms with van der Waals surface area (Å²) in [6, 6.07) is 1.94. The number of aromatic nitrogens is 2. The molecule has 134 valence electrons. The summed E-state index contributed by atoms with van der Waals surface area (Å²) in [4.78, 5) is 4.56. The quantitative estimate of drug-likeness (QED) is 0.242. The molecule has 0 unspecified atom stereocenters. The lowest BCUT2D eigenvalue weighted by Gasteiger charge is -2.12. The van der Waals surface area contributed by atoms with E-state index in [9.17, 15) is 0 Å². The van der Waals surface area contributed by atoms with Crippen molar-refractivity contribution in [2.45, 2.75) is 40.2 Å². The molecule has 2 N–H and O–H groups in total. The molecule has 0 aromatic carbocycles. The molecule has 0 amide bonds. The first kappa shape index (κ1) is 22.2. The van der Waals surface area contributed by atoms with E-state index in [1.807, 2.05) is 16.9 Å². The van der Waals surface area contributed by atoms with Crippen molar-refractivity contribution < 1.29 is 4.74 Å². The molecule has 0 saturated heterocycles. The van der Waals surface area contributed by atoms with E-state index in [2.05, 4.69) is 41.5 Å². The Morgan fingerprint density at radius 2 is 2.13 bits per heavy atom. The van der Waals surface area contributed by atoms with Crippen molar-refractivity contribution in [1.82, 2.24) is 20.4 Å². The number of guanidine groups is 1. The number of halogens is 1. The lowest BCUT2D eigenvalue weighted by molar-refractivity contribution is 0.128. The first-order valence-electron chi connectivity index (χ1n) is 8.29. The first-order chi connectivity index (χ1) is 10.7.